The van der Waals surface area contributed by atoms with E-state index in [4.69, 9.17) is 11.6 Å². The van der Waals surface area contributed by atoms with Crippen LogP contribution in [-0.4, -0.2) is 15.1 Å². The summed E-state index contributed by atoms with van der Waals surface area (Å²) >= 11 is 9.00. The lowest BCUT2D eigenvalue weighted by atomic mass is 10.2. The fourth-order valence-corrected chi connectivity index (χ4v) is 2.11. The van der Waals surface area contributed by atoms with Crippen LogP contribution in [0, 0.1) is 0 Å². The molecule has 0 radical (unpaired) electrons. The van der Waals surface area contributed by atoms with Gasteiger partial charge in [0.05, 0.1) is 15.9 Å². The molecule has 0 saturated carbocycles. The number of hydrogen-bond acceptors (Lipinski definition) is 3. The summed E-state index contributed by atoms with van der Waals surface area (Å²) in [4.78, 5) is 6.90. The number of aromatic hydroxyl groups is 1. The van der Waals surface area contributed by atoms with E-state index in [1.54, 1.807) is 0 Å². The minimum absolute atomic E-state index is 0.104. The Balaban J connectivity index is 2.82. The predicted molar refractivity (Wildman–Crippen MR) is 58.9 cm³/mol. The molecule has 0 amide bonds. The number of halogens is 4. The topological polar surface area (TPSA) is 46.0 Å². The van der Waals surface area contributed by atoms with Crippen molar-refractivity contribution in [3.8, 4) is 5.88 Å². The monoisotopic (exact) mass is 308 g/mol. The van der Waals surface area contributed by atoms with Gasteiger partial charge in [-0.2, -0.15) is 4.98 Å². The second-order valence-corrected chi connectivity index (χ2v) is 4.31. The van der Waals surface area contributed by atoms with Crippen molar-refractivity contribution in [3.05, 3.63) is 27.5 Å². The number of benzene rings is 1. The summed E-state index contributed by atoms with van der Waals surface area (Å²) in [6.07, 6.45) is -2.85. The molecule has 2 aromatic rings. The van der Waals surface area contributed by atoms with Gasteiger partial charge in [-0.1, -0.05) is 27.5 Å². The lowest BCUT2D eigenvalue weighted by Gasteiger charge is -2.05. The molecule has 84 valence electrons. The summed E-state index contributed by atoms with van der Waals surface area (Å²) in [6.45, 7) is 0. The minimum atomic E-state index is -2.85. The Morgan fingerprint density at radius 1 is 1.31 bits per heavy atom. The van der Waals surface area contributed by atoms with Crippen LogP contribution in [0.25, 0.3) is 10.9 Å². The van der Waals surface area contributed by atoms with Gasteiger partial charge in [-0.05, 0) is 12.1 Å². The van der Waals surface area contributed by atoms with Gasteiger partial charge in [-0.15, -0.1) is 0 Å². The second-order valence-electron chi connectivity index (χ2n) is 2.99. The highest BCUT2D eigenvalue weighted by molar-refractivity contribution is 9.10. The molecule has 0 aliphatic heterocycles. The molecule has 1 aromatic carbocycles. The second kappa shape index (κ2) is 4.10. The molecule has 0 saturated heterocycles. The van der Waals surface area contributed by atoms with Crippen molar-refractivity contribution in [2.24, 2.45) is 0 Å². The van der Waals surface area contributed by atoms with Crippen LogP contribution in [0.15, 0.2) is 16.6 Å². The van der Waals surface area contributed by atoms with E-state index in [1.807, 2.05) is 0 Å². The zero-order valence-electron chi connectivity index (χ0n) is 7.59. The Morgan fingerprint density at radius 2 is 2.00 bits per heavy atom. The Bertz CT molecular complexity index is 565. The van der Waals surface area contributed by atoms with E-state index in [0.717, 1.165) is 0 Å². The standard InChI is InChI=1S/C9H4BrClF2N2O/c10-3-1-4-6(5(11)2-3)14-8(7(12)13)15-9(4)16/h1-2,7H,(H,14,15,16). The molecule has 0 bridgehead atoms. The van der Waals surface area contributed by atoms with Crippen LogP contribution in [0.5, 0.6) is 5.88 Å². The Kier molecular flexibility index (Phi) is 2.94. The highest BCUT2D eigenvalue weighted by atomic mass is 79.9. The van der Waals surface area contributed by atoms with E-state index in [9.17, 15) is 13.9 Å². The molecular formula is C9H4BrClF2N2O. The maximum atomic E-state index is 12.4. The van der Waals surface area contributed by atoms with Crippen molar-refractivity contribution in [3.63, 3.8) is 0 Å². The fourth-order valence-electron chi connectivity index (χ4n) is 1.26. The van der Waals surface area contributed by atoms with Gasteiger partial charge >= 0.3 is 0 Å². The van der Waals surface area contributed by atoms with E-state index >= 15 is 0 Å². The number of alkyl halides is 2. The van der Waals surface area contributed by atoms with E-state index < -0.39 is 18.1 Å². The predicted octanol–water partition coefficient (Wildman–Crippen LogP) is 3.69. The van der Waals surface area contributed by atoms with Crippen molar-refractivity contribution in [2.45, 2.75) is 6.43 Å². The Hall–Kier alpha value is -1.01. The molecule has 0 aliphatic rings. The third kappa shape index (κ3) is 1.94. The van der Waals surface area contributed by atoms with Crippen LogP contribution in [0.2, 0.25) is 5.02 Å². The average Bonchev–Trinajstić information content (AvgIpc) is 2.19. The smallest absolute Gasteiger partial charge is 0.297 e. The molecule has 1 N–H and O–H groups in total. The molecule has 0 atom stereocenters. The third-order valence-corrected chi connectivity index (χ3v) is 2.66. The van der Waals surface area contributed by atoms with E-state index in [1.165, 1.54) is 12.1 Å². The molecular weight excluding hydrogens is 305 g/mol. The van der Waals surface area contributed by atoms with Crippen LogP contribution in [-0.2, 0) is 0 Å². The molecule has 1 aromatic heterocycles. The fraction of sp³-hybridized carbons (Fsp3) is 0.111. The van der Waals surface area contributed by atoms with Crippen molar-refractivity contribution in [1.82, 2.24) is 9.97 Å². The summed E-state index contributed by atoms with van der Waals surface area (Å²) in [7, 11) is 0. The molecule has 0 unspecified atom stereocenters. The van der Waals surface area contributed by atoms with Gasteiger partial charge < -0.3 is 5.11 Å². The van der Waals surface area contributed by atoms with Crippen molar-refractivity contribution < 1.29 is 13.9 Å². The van der Waals surface area contributed by atoms with Crippen LogP contribution in [0.1, 0.15) is 12.2 Å². The van der Waals surface area contributed by atoms with Gasteiger partial charge in [-0.3, -0.25) is 0 Å². The zero-order chi connectivity index (χ0) is 11.9. The highest BCUT2D eigenvalue weighted by Crippen LogP contribution is 2.32. The lowest BCUT2D eigenvalue weighted by molar-refractivity contribution is 0.139. The van der Waals surface area contributed by atoms with Gasteiger partial charge in [0.2, 0.25) is 5.88 Å². The molecule has 7 heteroatoms. The molecule has 1 heterocycles. The van der Waals surface area contributed by atoms with Gasteiger partial charge in [0.25, 0.3) is 6.43 Å². The average molecular weight is 309 g/mol. The normalized spacial score (nSPS) is 11.3. The first-order valence-electron chi connectivity index (χ1n) is 4.13. The summed E-state index contributed by atoms with van der Waals surface area (Å²) < 4.78 is 25.4. The maximum absolute atomic E-state index is 12.4. The van der Waals surface area contributed by atoms with Crippen LogP contribution >= 0.6 is 27.5 Å². The lowest BCUT2D eigenvalue weighted by Crippen LogP contribution is -1.96. The maximum Gasteiger partial charge on any atom is 0.297 e. The first kappa shape index (κ1) is 11.5. The van der Waals surface area contributed by atoms with Crippen LogP contribution in [0.4, 0.5) is 8.78 Å². The first-order chi connectivity index (χ1) is 7.49. The van der Waals surface area contributed by atoms with Gasteiger partial charge in [0.1, 0.15) is 0 Å². The van der Waals surface area contributed by atoms with E-state index in [0.29, 0.717) is 4.47 Å². The summed E-state index contributed by atoms with van der Waals surface area (Å²) in [5, 5.41) is 9.88. The molecule has 2 rings (SSSR count). The van der Waals surface area contributed by atoms with Crippen LogP contribution < -0.4 is 0 Å². The van der Waals surface area contributed by atoms with Gasteiger partial charge in [0.15, 0.2) is 5.82 Å². The molecule has 0 aliphatic carbocycles. The Morgan fingerprint density at radius 3 is 2.62 bits per heavy atom. The first-order valence-corrected chi connectivity index (χ1v) is 5.30. The SMILES string of the molecule is Oc1nc(C(F)F)nc2c(Cl)cc(Br)cc12. The minimum Gasteiger partial charge on any atom is -0.493 e. The van der Waals surface area contributed by atoms with E-state index in [-0.39, 0.29) is 15.9 Å². The zero-order valence-corrected chi connectivity index (χ0v) is 9.93. The quantitative estimate of drug-likeness (QED) is 0.874. The number of rotatable bonds is 1. The largest absolute Gasteiger partial charge is 0.493 e. The summed E-state index contributed by atoms with van der Waals surface area (Å²) in [6, 6.07) is 3.01. The third-order valence-electron chi connectivity index (χ3n) is 1.91. The summed E-state index contributed by atoms with van der Waals surface area (Å²) in [5.41, 5.74) is 0.104. The van der Waals surface area contributed by atoms with Crippen molar-refractivity contribution in [1.29, 1.82) is 0 Å². The highest BCUT2D eigenvalue weighted by Gasteiger charge is 2.16. The molecule has 0 spiro atoms. The molecule has 16 heavy (non-hydrogen) atoms. The molecule has 3 nitrogen and oxygen atoms in total. The van der Waals surface area contributed by atoms with E-state index in [2.05, 4.69) is 25.9 Å². The Labute approximate surface area is 102 Å². The number of aromatic nitrogens is 2. The van der Waals surface area contributed by atoms with Gasteiger partial charge in [0, 0.05) is 4.47 Å². The van der Waals surface area contributed by atoms with Crippen molar-refractivity contribution in [2.75, 3.05) is 0 Å². The number of nitrogens with zero attached hydrogens (tertiary/aromatic N) is 2. The summed E-state index contributed by atoms with van der Waals surface area (Å²) in [5.74, 6) is -1.25. The van der Waals surface area contributed by atoms with Crippen molar-refractivity contribution >= 4 is 38.4 Å². The molecule has 0 fully saturated rings. The van der Waals surface area contributed by atoms with Gasteiger partial charge in [-0.25, -0.2) is 13.8 Å². The van der Waals surface area contributed by atoms with Crippen LogP contribution in [0.3, 0.4) is 0 Å². The number of fused-ring (bicyclic) bond motifs is 1. The number of hydrogen-bond donors (Lipinski definition) is 1.